The van der Waals surface area contributed by atoms with Gasteiger partial charge in [-0.25, -0.2) is 17.2 Å². The third-order valence-electron chi connectivity index (χ3n) is 3.29. The Bertz CT molecular complexity index is 885. The Morgan fingerprint density at radius 1 is 1.17 bits per heavy atom. The second-order valence-electron chi connectivity index (χ2n) is 5.12. The predicted octanol–water partition coefficient (Wildman–Crippen LogP) is 2.93. The van der Waals surface area contributed by atoms with Gasteiger partial charge >= 0.3 is 0 Å². The molecule has 0 heterocycles. The van der Waals surface area contributed by atoms with Crippen molar-refractivity contribution in [2.75, 3.05) is 18.1 Å². The molecule has 0 unspecified atom stereocenters. The summed E-state index contributed by atoms with van der Waals surface area (Å²) in [5, 5.41) is 13.8. The zero-order valence-electron chi connectivity index (χ0n) is 12.6. The van der Waals surface area contributed by atoms with Crippen LogP contribution in [-0.4, -0.2) is 26.1 Å². The molecule has 0 aliphatic heterocycles. The quantitative estimate of drug-likeness (QED) is 0.635. The van der Waals surface area contributed by atoms with Gasteiger partial charge < -0.3 is 5.32 Å². The molecule has 0 radical (unpaired) electrons. The lowest BCUT2D eigenvalue weighted by atomic mass is 10.1. The van der Waals surface area contributed by atoms with Crippen LogP contribution >= 0.6 is 0 Å². The Kier molecular flexibility index (Phi) is 5.13. The molecule has 0 amide bonds. The molecule has 0 fully saturated rings. The fourth-order valence-electron chi connectivity index (χ4n) is 2.14. The smallest absolute Gasteiger partial charge is 0.288 e. The number of anilines is 1. The Morgan fingerprint density at radius 2 is 1.88 bits per heavy atom. The van der Waals surface area contributed by atoms with Gasteiger partial charge in [0, 0.05) is 30.6 Å². The minimum atomic E-state index is -3.77. The van der Waals surface area contributed by atoms with E-state index in [-0.39, 0.29) is 13.0 Å². The van der Waals surface area contributed by atoms with Gasteiger partial charge in [-0.15, -0.1) is 0 Å². The Hall–Kier alpha value is -2.55. The van der Waals surface area contributed by atoms with E-state index in [9.17, 15) is 27.3 Å². The first kappa shape index (κ1) is 17.8. The lowest BCUT2D eigenvalue weighted by Crippen LogP contribution is -2.08. The average Bonchev–Trinajstić information content (AvgIpc) is 2.48. The van der Waals surface area contributed by atoms with Gasteiger partial charge in [-0.05, 0) is 30.2 Å². The molecule has 2 aromatic carbocycles. The zero-order valence-corrected chi connectivity index (χ0v) is 13.4. The summed E-state index contributed by atoms with van der Waals surface area (Å²) < 4.78 is 49.7. The van der Waals surface area contributed by atoms with E-state index in [2.05, 4.69) is 5.32 Å². The van der Waals surface area contributed by atoms with E-state index in [1.807, 2.05) is 0 Å². The molecule has 1 N–H and O–H groups in total. The van der Waals surface area contributed by atoms with Crippen LogP contribution in [0.15, 0.2) is 41.3 Å². The van der Waals surface area contributed by atoms with Crippen molar-refractivity contribution in [3.05, 3.63) is 63.7 Å². The molecule has 9 heteroatoms. The first-order valence-corrected chi connectivity index (χ1v) is 8.74. The highest BCUT2D eigenvalue weighted by Crippen LogP contribution is 2.27. The Morgan fingerprint density at radius 3 is 2.46 bits per heavy atom. The molecule has 24 heavy (non-hydrogen) atoms. The summed E-state index contributed by atoms with van der Waals surface area (Å²) >= 11 is 0. The van der Waals surface area contributed by atoms with Crippen LogP contribution in [0, 0.1) is 21.7 Å². The van der Waals surface area contributed by atoms with E-state index in [1.54, 1.807) is 0 Å². The molecule has 2 rings (SSSR count). The maximum atomic E-state index is 13.5. The van der Waals surface area contributed by atoms with Gasteiger partial charge in [0.05, 0.1) is 4.92 Å². The number of nitro benzene ring substituents is 1. The van der Waals surface area contributed by atoms with Crippen molar-refractivity contribution in [3.8, 4) is 0 Å². The molecule has 2 aromatic rings. The average molecular weight is 356 g/mol. The first-order valence-electron chi connectivity index (χ1n) is 6.85. The van der Waals surface area contributed by atoms with Gasteiger partial charge in [0.25, 0.3) is 5.69 Å². The number of rotatable bonds is 6. The number of hydrogen-bond donors (Lipinski definition) is 1. The summed E-state index contributed by atoms with van der Waals surface area (Å²) in [5.41, 5.74) is 0.144. The van der Waals surface area contributed by atoms with E-state index in [0.29, 0.717) is 11.3 Å². The number of halogens is 2. The van der Waals surface area contributed by atoms with Crippen LogP contribution in [-0.2, 0) is 16.3 Å². The second-order valence-corrected chi connectivity index (χ2v) is 7.11. The standard InChI is InChI=1S/C15H14F2N2O4S/c1-24(22,23)15-9-12(4-5-14(15)19(20)21)18-7-6-10-2-3-11(16)8-13(10)17/h2-5,8-9,18H,6-7H2,1H3. The molecule has 0 atom stereocenters. The summed E-state index contributed by atoms with van der Waals surface area (Å²) in [6.07, 6.45) is 1.12. The fourth-order valence-corrected chi connectivity index (χ4v) is 3.00. The Labute approximate surface area is 137 Å². The monoisotopic (exact) mass is 356 g/mol. The summed E-state index contributed by atoms with van der Waals surface area (Å²) in [4.78, 5) is 9.72. The third kappa shape index (κ3) is 4.25. The van der Waals surface area contributed by atoms with Crippen LogP contribution in [0.1, 0.15) is 5.56 Å². The van der Waals surface area contributed by atoms with Crippen molar-refractivity contribution in [1.82, 2.24) is 0 Å². The topological polar surface area (TPSA) is 89.3 Å². The van der Waals surface area contributed by atoms with Crippen molar-refractivity contribution >= 4 is 21.2 Å². The van der Waals surface area contributed by atoms with Crippen molar-refractivity contribution in [2.45, 2.75) is 11.3 Å². The van der Waals surface area contributed by atoms with Crippen LogP contribution in [0.5, 0.6) is 0 Å². The molecular formula is C15H14F2N2O4S. The molecule has 6 nitrogen and oxygen atoms in total. The van der Waals surface area contributed by atoms with Gasteiger partial charge in [0.15, 0.2) is 9.84 Å². The van der Waals surface area contributed by atoms with Crippen molar-refractivity contribution in [2.24, 2.45) is 0 Å². The largest absolute Gasteiger partial charge is 0.385 e. The molecular weight excluding hydrogens is 342 g/mol. The van der Waals surface area contributed by atoms with E-state index in [1.165, 1.54) is 12.1 Å². The molecule has 0 aliphatic carbocycles. The minimum Gasteiger partial charge on any atom is -0.385 e. The maximum Gasteiger partial charge on any atom is 0.288 e. The highest BCUT2D eigenvalue weighted by molar-refractivity contribution is 7.90. The van der Waals surface area contributed by atoms with E-state index < -0.39 is 37.0 Å². The van der Waals surface area contributed by atoms with E-state index in [0.717, 1.165) is 30.5 Å². The summed E-state index contributed by atoms with van der Waals surface area (Å²) in [7, 11) is -3.77. The van der Waals surface area contributed by atoms with Crippen LogP contribution < -0.4 is 5.32 Å². The molecule has 0 aromatic heterocycles. The SMILES string of the molecule is CS(=O)(=O)c1cc(NCCc2ccc(F)cc2F)ccc1[N+](=O)[O-]. The molecule has 0 spiro atoms. The summed E-state index contributed by atoms with van der Waals surface area (Å²) in [6, 6.07) is 6.87. The second kappa shape index (κ2) is 6.91. The number of benzene rings is 2. The Balaban J connectivity index is 2.14. The number of nitro groups is 1. The van der Waals surface area contributed by atoms with Gasteiger partial charge in [-0.1, -0.05) is 6.07 Å². The van der Waals surface area contributed by atoms with Crippen LogP contribution in [0.2, 0.25) is 0 Å². The zero-order chi connectivity index (χ0) is 17.9. The number of hydrogen-bond acceptors (Lipinski definition) is 5. The minimum absolute atomic E-state index is 0.233. The van der Waals surface area contributed by atoms with Crippen LogP contribution in [0.3, 0.4) is 0 Å². The third-order valence-corrected chi connectivity index (χ3v) is 4.42. The van der Waals surface area contributed by atoms with Gasteiger partial charge in [0.1, 0.15) is 16.5 Å². The summed E-state index contributed by atoms with van der Waals surface area (Å²) in [5.74, 6) is -1.34. The first-order chi connectivity index (χ1) is 11.2. The highest BCUT2D eigenvalue weighted by atomic mass is 32.2. The summed E-state index contributed by atoms with van der Waals surface area (Å²) in [6.45, 7) is 0.240. The fraction of sp³-hybridized carbons (Fsp3) is 0.200. The van der Waals surface area contributed by atoms with Crippen molar-refractivity contribution in [1.29, 1.82) is 0 Å². The van der Waals surface area contributed by atoms with E-state index >= 15 is 0 Å². The maximum absolute atomic E-state index is 13.5. The van der Waals surface area contributed by atoms with Crippen LogP contribution in [0.25, 0.3) is 0 Å². The van der Waals surface area contributed by atoms with Gasteiger partial charge in [0.2, 0.25) is 0 Å². The lowest BCUT2D eigenvalue weighted by molar-refractivity contribution is -0.387. The molecule has 0 bridgehead atoms. The molecule has 0 saturated carbocycles. The van der Waals surface area contributed by atoms with Crippen molar-refractivity contribution < 1.29 is 22.1 Å². The molecule has 0 aliphatic rings. The van der Waals surface area contributed by atoms with Crippen LogP contribution in [0.4, 0.5) is 20.2 Å². The number of nitrogens with one attached hydrogen (secondary N) is 1. The van der Waals surface area contributed by atoms with Crippen molar-refractivity contribution in [3.63, 3.8) is 0 Å². The van der Waals surface area contributed by atoms with Gasteiger partial charge in [-0.3, -0.25) is 10.1 Å². The molecule has 0 saturated heterocycles. The van der Waals surface area contributed by atoms with Gasteiger partial charge in [-0.2, -0.15) is 0 Å². The predicted molar refractivity (Wildman–Crippen MR) is 84.8 cm³/mol. The molecule has 128 valence electrons. The highest BCUT2D eigenvalue weighted by Gasteiger charge is 2.22. The normalized spacial score (nSPS) is 11.3. The number of sulfone groups is 1. The van der Waals surface area contributed by atoms with E-state index in [4.69, 9.17) is 0 Å². The number of nitrogens with zero attached hydrogens (tertiary/aromatic N) is 1. The lowest BCUT2D eigenvalue weighted by Gasteiger charge is -2.09.